The molecule has 2 N–H and O–H groups in total. The van der Waals surface area contributed by atoms with Crippen LogP contribution in [0, 0.1) is 5.92 Å². The topological polar surface area (TPSA) is 92.7 Å². The van der Waals surface area contributed by atoms with Gasteiger partial charge in [0.1, 0.15) is 17.3 Å². The molecule has 4 rings (SSSR count). The number of aromatic nitrogens is 4. The number of nitrogens with zero attached hydrogens (tertiary/aromatic N) is 4. The van der Waals surface area contributed by atoms with Crippen molar-refractivity contribution in [1.82, 2.24) is 25.3 Å². The number of carbonyl (C=O) groups excluding carboxylic acids is 1. The summed E-state index contributed by atoms with van der Waals surface area (Å²) in [7, 11) is 0. The molecule has 7 nitrogen and oxygen atoms in total. The zero-order valence-electron chi connectivity index (χ0n) is 15.4. The normalized spacial score (nSPS) is 14.3. The molecule has 0 saturated carbocycles. The first kappa shape index (κ1) is 17.5. The number of rotatable bonds is 6. The van der Waals surface area contributed by atoms with Crippen LogP contribution in [0.2, 0.25) is 0 Å². The van der Waals surface area contributed by atoms with E-state index < -0.39 is 0 Å². The molecule has 27 heavy (non-hydrogen) atoms. The van der Waals surface area contributed by atoms with Crippen LogP contribution in [0.4, 0.5) is 5.82 Å². The van der Waals surface area contributed by atoms with E-state index in [0.29, 0.717) is 12.1 Å². The number of ketones is 1. The predicted molar refractivity (Wildman–Crippen MR) is 104 cm³/mol. The third-order valence-electron chi connectivity index (χ3n) is 4.56. The minimum Gasteiger partial charge on any atom is -0.367 e. The van der Waals surface area contributed by atoms with Crippen LogP contribution >= 0.6 is 0 Å². The first-order valence-electron chi connectivity index (χ1n) is 9.16. The summed E-state index contributed by atoms with van der Waals surface area (Å²) in [6.45, 7) is 5.65. The summed E-state index contributed by atoms with van der Waals surface area (Å²) in [6.07, 6.45) is 5.53. The molecule has 1 fully saturated rings. The average Bonchev–Trinajstić information content (AvgIpc) is 2.59. The van der Waals surface area contributed by atoms with E-state index in [2.05, 4.69) is 39.4 Å². The molecule has 0 amide bonds. The smallest absolute Gasteiger partial charge is 0.145 e. The maximum Gasteiger partial charge on any atom is 0.145 e. The zero-order chi connectivity index (χ0) is 18.8. The third-order valence-corrected chi connectivity index (χ3v) is 4.56. The molecule has 0 aliphatic carbocycles. The van der Waals surface area contributed by atoms with Gasteiger partial charge in [0.05, 0.1) is 23.6 Å². The fourth-order valence-corrected chi connectivity index (χ4v) is 2.99. The molecule has 3 aromatic rings. The molecule has 3 aromatic heterocycles. The molecule has 0 unspecified atom stereocenters. The van der Waals surface area contributed by atoms with Crippen LogP contribution in [0.1, 0.15) is 19.5 Å². The summed E-state index contributed by atoms with van der Waals surface area (Å²) in [5.41, 5.74) is 3.01. The van der Waals surface area contributed by atoms with Gasteiger partial charge in [-0.15, -0.1) is 0 Å². The Hall–Kier alpha value is -2.93. The van der Waals surface area contributed by atoms with E-state index in [1.54, 1.807) is 18.6 Å². The van der Waals surface area contributed by atoms with Gasteiger partial charge in [0.2, 0.25) is 0 Å². The van der Waals surface area contributed by atoms with Crippen molar-refractivity contribution >= 4 is 22.5 Å². The van der Waals surface area contributed by atoms with Crippen LogP contribution < -0.4 is 10.6 Å². The van der Waals surface area contributed by atoms with Gasteiger partial charge in [0, 0.05) is 48.7 Å². The van der Waals surface area contributed by atoms with Crippen molar-refractivity contribution in [1.29, 1.82) is 0 Å². The number of hydrogen-bond donors (Lipinski definition) is 2. The maximum absolute atomic E-state index is 12.2. The lowest BCUT2D eigenvalue weighted by molar-refractivity contribution is -0.123. The van der Waals surface area contributed by atoms with E-state index in [1.807, 2.05) is 18.2 Å². The maximum atomic E-state index is 12.2. The average molecular weight is 362 g/mol. The molecule has 0 spiro atoms. The van der Waals surface area contributed by atoms with Gasteiger partial charge in [-0.05, 0) is 32.0 Å². The molecular formula is C20H22N6O. The highest BCUT2D eigenvalue weighted by atomic mass is 16.1. The highest BCUT2D eigenvalue weighted by Gasteiger charge is 2.24. The minimum absolute atomic E-state index is 0.119. The molecule has 0 radical (unpaired) electrons. The van der Waals surface area contributed by atoms with Crippen LogP contribution in [-0.2, 0) is 11.2 Å². The SMILES string of the molecule is CC(C)Nc1cncc(-c2ccc3cnc(CC(=O)C4CNC4)cc3n2)n1. The van der Waals surface area contributed by atoms with Crippen LogP contribution in [0.5, 0.6) is 0 Å². The second-order valence-electron chi connectivity index (χ2n) is 7.15. The number of carbonyl (C=O) groups is 1. The molecule has 4 heterocycles. The lowest BCUT2D eigenvalue weighted by Gasteiger charge is -2.25. The number of Topliss-reactive ketones (excluding diaryl/α,β-unsaturated/α-hetero) is 1. The Bertz CT molecular complexity index is 983. The summed E-state index contributed by atoms with van der Waals surface area (Å²) >= 11 is 0. The van der Waals surface area contributed by atoms with E-state index >= 15 is 0 Å². The Morgan fingerprint density at radius 3 is 2.78 bits per heavy atom. The first-order chi connectivity index (χ1) is 13.1. The minimum atomic E-state index is 0.119. The second-order valence-corrected chi connectivity index (χ2v) is 7.15. The summed E-state index contributed by atoms with van der Waals surface area (Å²) in [5.74, 6) is 1.07. The van der Waals surface area contributed by atoms with E-state index in [9.17, 15) is 4.79 Å². The van der Waals surface area contributed by atoms with Crippen LogP contribution in [0.25, 0.3) is 22.3 Å². The quantitative estimate of drug-likeness (QED) is 0.694. The fourth-order valence-electron chi connectivity index (χ4n) is 2.99. The Labute approximate surface area is 157 Å². The second kappa shape index (κ2) is 7.36. The van der Waals surface area contributed by atoms with Gasteiger partial charge in [-0.3, -0.25) is 14.8 Å². The van der Waals surface area contributed by atoms with Crippen molar-refractivity contribution in [3.8, 4) is 11.4 Å². The van der Waals surface area contributed by atoms with Gasteiger partial charge < -0.3 is 10.6 Å². The van der Waals surface area contributed by atoms with Gasteiger partial charge in [-0.1, -0.05) is 0 Å². The number of hydrogen-bond acceptors (Lipinski definition) is 7. The van der Waals surface area contributed by atoms with Crippen LogP contribution in [-0.4, -0.2) is 44.9 Å². The highest BCUT2D eigenvalue weighted by Crippen LogP contribution is 2.21. The summed E-state index contributed by atoms with van der Waals surface area (Å²) in [6, 6.07) is 6.05. The Balaban J connectivity index is 1.61. The largest absolute Gasteiger partial charge is 0.367 e. The Morgan fingerprint density at radius 2 is 2.04 bits per heavy atom. The number of pyridine rings is 2. The molecule has 1 aliphatic rings. The van der Waals surface area contributed by atoms with E-state index in [4.69, 9.17) is 4.98 Å². The van der Waals surface area contributed by atoms with Crippen molar-refractivity contribution in [3.05, 3.63) is 42.5 Å². The standard InChI is InChI=1S/C20H22N6O/c1-12(2)24-20-11-22-10-18(26-20)16-4-3-13-9-23-15(5-17(13)25-16)6-19(27)14-7-21-8-14/h3-5,9-12,14,21H,6-8H2,1-2H3,(H,24,26). The van der Waals surface area contributed by atoms with Crippen molar-refractivity contribution in [2.24, 2.45) is 5.92 Å². The molecule has 0 aromatic carbocycles. The monoisotopic (exact) mass is 362 g/mol. The molecule has 0 bridgehead atoms. The van der Waals surface area contributed by atoms with Gasteiger partial charge >= 0.3 is 0 Å². The van der Waals surface area contributed by atoms with E-state index in [1.165, 1.54) is 0 Å². The van der Waals surface area contributed by atoms with Crippen molar-refractivity contribution in [2.75, 3.05) is 18.4 Å². The molecule has 1 saturated heterocycles. The first-order valence-corrected chi connectivity index (χ1v) is 9.16. The number of anilines is 1. The van der Waals surface area contributed by atoms with Crippen molar-refractivity contribution in [3.63, 3.8) is 0 Å². The van der Waals surface area contributed by atoms with Gasteiger partial charge in [0.15, 0.2) is 0 Å². The molecule has 138 valence electrons. The predicted octanol–water partition coefficient (Wildman–Crippen LogP) is 2.24. The molecule has 7 heteroatoms. The van der Waals surface area contributed by atoms with Crippen molar-refractivity contribution in [2.45, 2.75) is 26.3 Å². The highest BCUT2D eigenvalue weighted by molar-refractivity contribution is 5.86. The fraction of sp³-hybridized carbons (Fsp3) is 0.350. The van der Waals surface area contributed by atoms with Crippen LogP contribution in [0.15, 0.2) is 36.8 Å². The van der Waals surface area contributed by atoms with Crippen molar-refractivity contribution < 1.29 is 4.79 Å². The zero-order valence-corrected chi connectivity index (χ0v) is 15.4. The van der Waals surface area contributed by atoms with E-state index in [-0.39, 0.29) is 17.7 Å². The third kappa shape index (κ3) is 3.93. The van der Waals surface area contributed by atoms with Gasteiger partial charge in [-0.2, -0.15) is 0 Å². The van der Waals surface area contributed by atoms with Crippen LogP contribution in [0.3, 0.4) is 0 Å². The lowest BCUT2D eigenvalue weighted by atomic mass is 9.94. The summed E-state index contributed by atoms with van der Waals surface area (Å²) in [5, 5.41) is 7.31. The van der Waals surface area contributed by atoms with Gasteiger partial charge in [-0.25, -0.2) is 9.97 Å². The molecular weight excluding hydrogens is 340 g/mol. The summed E-state index contributed by atoms with van der Waals surface area (Å²) < 4.78 is 0. The molecule has 0 atom stereocenters. The Morgan fingerprint density at radius 1 is 1.19 bits per heavy atom. The summed E-state index contributed by atoms with van der Waals surface area (Å²) in [4.78, 5) is 30.2. The number of fused-ring (bicyclic) bond motifs is 1. The number of nitrogens with one attached hydrogen (secondary N) is 2. The molecule has 1 aliphatic heterocycles. The lowest BCUT2D eigenvalue weighted by Crippen LogP contribution is -2.47. The van der Waals surface area contributed by atoms with Gasteiger partial charge in [0.25, 0.3) is 0 Å². The van der Waals surface area contributed by atoms with E-state index in [0.717, 1.165) is 41.2 Å². The Kier molecular flexibility index (Phi) is 4.77.